The molecule has 0 radical (unpaired) electrons. The number of rotatable bonds is 4. The van der Waals surface area contributed by atoms with Gasteiger partial charge in [0, 0.05) is 5.56 Å². The van der Waals surface area contributed by atoms with Gasteiger partial charge in [-0.15, -0.1) is 0 Å². The molecular weight excluding hydrogens is 328 g/mol. The summed E-state index contributed by atoms with van der Waals surface area (Å²) in [6.45, 7) is 3.56. The third kappa shape index (κ3) is 2.93. The van der Waals surface area contributed by atoms with Crippen LogP contribution in [-0.2, 0) is 0 Å². The summed E-state index contributed by atoms with van der Waals surface area (Å²) < 4.78 is 7.64. The number of nitrogens with zero attached hydrogens (tertiary/aromatic N) is 4. The van der Waals surface area contributed by atoms with Crippen LogP contribution in [0.3, 0.4) is 0 Å². The molecule has 0 N–H and O–H groups in total. The predicted molar refractivity (Wildman–Crippen MR) is 97.9 cm³/mol. The number of ether oxygens (including phenoxy) is 1. The minimum atomic E-state index is 0.0143. The number of aryl methyl sites for hydroxylation is 1. The summed E-state index contributed by atoms with van der Waals surface area (Å²) in [5, 5.41) is 5.15. The first-order chi connectivity index (χ1) is 12.6. The van der Waals surface area contributed by atoms with Crippen LogP contribution in [0.25, 0.3) is 16.7 Å². The molecule has 0 bridgehead atoms. The van der Waals surface area contributed by atoms with E-state index in [2.05, 4.69) is 15.1 Å². The number of hydrogen-bond acceptors (Lipinski definition) is 5. The normalized spacial score (nSPS) is 10.8. The molecule has 26 heavy (non-hydrogen) atoms. The van der Waals surface area contributed by atoms with Gasteiger partial charge in [0.25, 0.3) is 0 Å². The SMILES string of the molecule is CC(=O)c1ccc(Oc2ncnc3c2cnn3-c2cccc(C)c2)cc1. The van der Waals surface area contributed by atoms with Crippen LogP contribution in [0.1, 0.15) is 22.8 Å². The number of fused-ring (bicyclic) bond motifs is 1. The Hall–Kier alpha value is -3.54. The summed E-state index contributed by atoms with van der Waals surface area (Å²) in [7, 11) is 0. The first kappa shape index (κ1) is 16.0. The highest BCUT2D eigenvalue weighted by molar-refractivity contribution is 5.94. The fourth-order valence-electron chi connectivity index (χ4n) is 2.72. The molecule has 0 saturated heterocycles. The number of carbonyl (C=O) groups excluding carboxylic acids is 1. The summed E-state index contributed by atoms with van der Waals surface area (Å²) in [6, 6.07) is 15.0. The molecule has 2 aromatic carbocycles. The smallest absolute Gasteiger partial charge is 0.233 e. The van der Waals surface area contributed by atoms with E-state index in [1.807, 2.05) is 31.2 Å². The van der Waals surface area contributed by atoms with Crippen molar-refractivity contribution in [2.45, 2.75) is 13.8 Å². The monoisotopic (exact) mass is 344 g/mol. The molecule has 0 saturated carbocycles. The Morgan fingerprint density at radius 2 is 1.88 bits per heavy atom. The molecule has 0 atom stereocenters. The molecule has 0 aliphatic heterocycles. The molecule has 2 aromatic heterocycles. The third-order valence-electron chi connectivity index (χ3n) is 4.05. The Bertz CT molecular complexity index is 1100. The fourth-order valence-corrected chi connectivity index (χ4v) is 2.72. The number of hydrogen-bond donors (Lipinski definition) is 0. The molecule has 128 valence electrons. The van der Waals surface area contributed by atoms with Gasteiger partial charge in [0.05, 0.1) is 11.9 Å². The third-order valence-corrected chi connectivity index (χ3v) is 4.05. The van der Waals surface area contributed by atoms with Gasteiger partial charge in [0.2, 0.25) is 5.88 Å². The average molecular weight is 344 g/mol. The van der Waals surface area contributed by atoms with Gasteiger partial charge in [0.1, 0.15) is 17.5 Å². The van der Waals surface area contributed by atoms with Crippen molar-refractivity contribution in [2.24, 2.45) is 0 Å². The predicted octanol–water partition coefficient (Wildman–Crippen LogP) is 4.12. The zero-order valence-corrected chi connectivity index (χ0v) is 14.4. The second-order valence-corrected chi connectivity index (χ2v) is 5.99. The van der Waals surface area contributed by atoms with Crippen molar-refractivity contribution in [2.75, 3.05) is 0 Å². The van der Waals surface area contributed by atoms with Crippen molar-refractivity contribution in [1.82, 2.24) is 19.7 Å². The van der Waals surface area contributed by atoms with E-state index >= 15 is 0 Å². The van der Waals surface area contributed by atoms with Crippen LogP contribution in [-0.4, -0.2) is 25.5 Å². The highest BCUT2D eigenvalue weighted by Gasteiger charge is 2.13. The fraction of sp³-hybridized carbons (Fsp3) is 0.100. The number of benzene rings is 2. The second-order valence-electron chi connectivity index (χ2n) is 5.99. The minimum Gasteiger partial charge on any atom is -0.438 e. The van der Waals surface area contributed by atoms with E-state index < -0.39 is 0 Å². The molecule has 0 amide bonds. The molecule has 0 aliphatic carbocycles. The maximum Gasteiger partial charge on any atom is 0.233 e. The topological polar surface area (TPSA) is 69.9 Å². The lowest BCUT2D eigenvalue weighted by Gasteiger charge is -2.07. The van der Waals surface area contributed by atoms with E-state index in [-0.39, 0.29) is 5.78 Å². The molecule has 0 unspecified atom stereocenters. The first-order valence-electron chi connectivity index (χ1n) is 8.16. The molecule has 4 rings (SSSR count). The summed E-state index contributed by atoms with van der Waals surface area (Å²) in [5.74, 6) is 1.03. The lowest BCUT2D eigenvalue weighted by Crippen LogP contribution is -1.98. The maximum atomic E-state index is 11.4. The Kier molecular flexibility index (Phi) is 3.93. The van der Waals surface area contributed by atoms with Crippen molar-refractivity contribution < 1.29 is 9.53 Å². The zero-order valence-electron chi connectivity index (χ0n) is 14.4. The van der Waals surface area contributed by atoms with E-state index in [1.54, 1.807) is 35.1 Å². The van der Waals surface area contributed by atoms with Crippen molar-refractivity contribution in [3.05, 3.63) is 72.2 Å². The summed E-state index contributed by atoms with van der Waals surface area (Å²) in [6.07, 6.45) is 3.15. The lowest BCUT2D eigenvalue weighted by atomic mass is 10.1. The first-order valence-corrected chi connectivity index (χ1v) is 8.16. The standard InChI is InChI=1S/C20H16N4O2/c1-13-4-3-5-16(10-13)24-19-18(11-23-24)20(22-12-21-19)26-17-8-6-15(7-9-17)14(2)25/h3-12H,1-2H3. The van der Waals surface area contributed by atoms with Crippen LogP contribution in [0.5, 0.6) is 11.6 Å². The molecule has 0 aliphatic rings. The number of ketones is 1. The molecule has 6 heteroatoms. The quantitative estimate of drug-likeness (QED) is 0.521. The van der Waals surface area contributed by atoms with Gasteiger partial charge < -0.3 is 4.74 Å². The van der Waals surface area contributed by atoms with Gasteiger partial charge in [-0.3, -0.25) is 4.79 Å². The Morgan fingerprint density at radius 3 is 2.62 bits per heavy atom. The van der Waals surface area contributed by atoms with E-state index in [0.29, 0.717) is 28.2 Å². The van der Waals surface area contributed by atoms with Crippen molar-refractivity contribution in [3.63, 3.8) is 0 Å². The molecule has 2 heterocycles. The summed E-state index contributed by atoms with van der Waals surface area (Å²) in [5.41, 5.74) is 3.37. The Balaban J connectivity index is 1.72. The van der Waals surface area contributed by atoms with E-state index in [1.165, 1.54) is 13.3 Å². The zero-order chi connectivity index (χ0) is 18.1. The summed E-state index contributed by atoms with van der Waals surface area (Å²) in [4.78, 5) is 20.0. The van der Waals surface area contributed by atoms with Crippen LogP contribution in [0.4, 0.5) is 0 Å². The number of aromatic nitrogens is 4. The van der Waals surface area contributed by atoms with Gasteiger partial charge in [-0.05, 0) is 55.8 Å². The largest absolute Gasteiger partial charge is 0.438 e. The minimum absolute atomic E-state index is 0.0143. The second kappa shape index (κ2) is 6.40. The Labute approximate surface area is 150 Å². The molecule has 4 aromatic rings. The van der Waals surface area contributed by atoms with Gasteiger partial charge >= 0.3 is 0 Å². The van der Waals surface area contributed by atoms with Crippen molar-refractivity contribution in [1.29, 1.82) is 0 Å². The molecule has 0 fully saturated rings. The molecule has 6 nitrogen and oxygen atoms in total. The van der Waals surface area contributed by atoms with Crippen LogP contribution >= 0.6 is 0 Å². The highest BCUT2D eigenvalue weighted by atomic mass is 16.5. The number of Topliss-reactive ketones (excluding diaryl/α,β-unsaturated/α-hetero) is 1. The van der Waals surface area contributed by atoms with E-state index in [0.717, 1.165) is 11.3 Å². The van der Waals surface area contributed by atoms with E-state index in [4.69, 9.17) is 4.74 Å². The molecule has 0 spiro atoms. The van der Waals surface area contributed by atoms with Crippen LogP contribution < -0.4 is 4.74 Å². The molecular formula is C20H16N4O2. The van der Waals surface area contributed by atoms with Gasteiger partial charge in [-0.1, -0.05) is 12.1 Å². The summed E-state index contributed by atoms with van der Waals surface area (Å²) >= 11 is 0. The average Bonchev–Trinajstić information content (AvgIpc) is 3.07. The van der Waals surface area contributed by atoms with Crippen LogP contribution in [0.2, 0.25) is 0 Å². The van der Waals surface area contributed by atoms with Crippen LogP contribution in [0, 0.1) is 6.92 Å². The van der Waals surface area contributed by atoms with Crippen molar-refractivity contribution in [3.8, 4) is 17.3 Å². The van der Waals surface area contributed by atoms with E-state index in [9.17, 15) is 4.79 Å². The van der Waals surface area contributed by atoms with Gasteiger partial charge in [0.15, 0.2) is 11.4 Å². The highest BCUT2D eigenvalue weighted by Crippen LogP contribution is 2.28. The van der Waals surface area contributed by atoms with Gasteiger partial charge in [-0.2, -0.15) is 5.10 Å². The van der Waals surface area contributed by atoms with Crippen molar-refractivity contribution >= 4 is 16.8 Å². The van der Waals surface area contributed by atoms with Crippen LogP contribution in [0.15, 0.2) is 61.1 Å². The Morgan fingerprint density at radius 1 is 1.08 bits per heavy atom. The maximum absolute atomic E-state index is 11.4. The lowest BCUT2D eigenvalue weighted by molar-refractivity contribution is 0.101. The number of carbonyl (C=O) groups is 1. The van der Waals surface area contributed by atoms with Gasteiger partial charge in [-0.25, -0.2) is 14.6 Å².